The molecule has 0 N–H and O–H groups in total. The Morgan fingerprint density at radius 2 is 0.669 bits per heavy atom. The van der Waals surface area contributed by atoms with Gasteiger partial charge in [-0.15, -0.1) is 11.3 Å². The number of hydrogen-bond donors (Lipinski definition) is 0. The highest BCUT2D eigenvalue weighted by atomic mass is 32.1. The number of para-hydroxylation sites is 2. The van der Waals surface area contributed by atoms with E-state index < -0.39 is 0 Å². The van der Waals surface area contributed by atoms with E-state index in [9.17, 15) is 0 Å². The van der Waals surface area contributed by atoms with Crippen molar-refractivity contribution in [2.75, 3.05) is 9.80 Å². The van der Waals surface area contributed by atoms with Crippen molar-refractivity contribution in [3.05, 3.63) is 331 Å². The van der Waals surface area contributed by atoms with Crippen LogP contribution >= 0.6 is 11.3 Å². The van der Waals surface area contributed by atoms with Gasteiger partial charge in [0.15, 0.2) is 5.58 Å². The van der Waals surface area contributed by atoms with Gasteiger partial charge < -0.3 is 23.4 Å². The number of aromatic nitrogens is 2. The fraction of sp³-hybridized carbons (Fsp3) is 0.211. The van der Waals surface area contributed by atoms with Crippen molar-refractivity contribution in [3.63, 3.8) is 0 Å². The van der Waals surface area contributed by atoms with Crippen molar-refractivity contribution >= 4 is 154 Å². The minimum atomic E-state index is -0.289. The molecule has 4 aromatic heterocycles. The van der Waals surface area contributed by atoms with E-state index >= 15 is 0 Å². The number of fused-ring (bicyclic) bond motifs is 16. The van der Waals surface area contributed by atoms with E-state index in [4.69, 9.17) is 4.42 Å². The van der Waals surface area contributed by atoms with Crippen LogP contribution in [0.3, 0.4) is 0 Å². The molecule has 0 atom stereocenters. The molecule has 0 spiro atoms. The second-order valence-electron chi connectivity index (χ2n) is 40.6. The van der Waals surface area contributed by atoms with Gasteiger partial charge in [-0.3, -0.25) is 0 Å². The van der Waals surface area contributed by atoms with E-state index in [1.54, 1.807) is 0 Å². The van der Waals surface area contributed by atoms with Crippen LogP contribution in [0.15, 0.2) is 302 Å². The number of benzene rings is 15. The molecule has 121 heavy (non-hydrogen) atoms. The molecule has 6 heterocycles. The molecule has 0 saturated heterocycles. The van der Waals surface area contributed by atoms with Crippen LogP contribution in [0, 0.1) is 0 Å². The topological polar surface area (TPSA) is 29.5 Å². The Labute approximate surface area is 716 Å². The molecule has 0 radical (unpaired) electrons. The van der Waals surface area contributed by atoms with Gasteiger partial charge in [0.2, 0.25) is 0 Å². The summed E-state index contributed by atoms with van der Waals surface area (Å²) in [6.07, 6.45) is 0. The van der Waals surface area contributed by atoms with Crippen molar-refractivity contribution < 1.29 is 4.42 Å². The minimum Gasteiger partial charge on any atom is -0.453 e. The Morgan fingerprint density at radius 3 is 1.17 bits per heavy atom. The Kier molecular flexibility index (Phi) is 17.0. The summed E-state index contributed by atoms with van der Waals surface area (Å²) in [7, 11) is 0. The average molecular weight is 1590 g/mol. The van der Waals surface area contributed by atoms with Gasteiger partial charge in [-0.1, -0.05) is 301 Å². The minimum absolute atomic E-state index is 0.0721. The third-order valence-electron chi connectivity index (χ3n) is 26.4. The molecule has 594 valence electrons. The van der Waals surface area contributed by atoms with Crippen molar-refractivity contribution in [2.45, 2.75) is 157 Å². The quantitative estimate of drug-likeness (QED) is 0.142. The molecule has 19 aromatic rings. The van der Waals surface area contributed by atoms with Crippen LogP contribution < -0.4 is 26.2 Å². The van der Waals surface area contributed by atoms with Crippen LogP contribution in [0.1, 0.15) is 158 Å². The van der Waals surface area contributed by atoms with E-state index in [2.05, 4.69) is 441 Å². The standard InChI is InChI=1S/C114H103BN4OS/c1-109(2,3)74-41-50-95-87(62-74)88-63-75(110(4,5)6)42-51-96(88)116(95)80-45-47-92-100(66-80)118(94-49-39-70(68-29-21-19-22-30-68)57-86(94)69-31-23-20-24-32-69)102-59-73(72-55-78(113(13,14)15)61-79(56-72)114(16,17)18)60-103-106(102)115(92)93-48-46-81(117-97-52-43-76(111(7,8)9)64-89(97)90-65-77(112(10,11)12)44-53-98(90)117)67-101(93)119(103)99-37-28-36-85-84-35-27-34-82(107(84)120-108(85)99)71-40-54-105-91(58-71)83-33-25-26-38-104(83)121-105/h19-67H,1-18H3. The molecular weight excluding hydrogens is 1480 g/mol. The van der Waals surface area contributed by atoms with E-state index in [1.165, 1.54) is 119 Å². The summed E-state index contributed by atoms with van der Waals surface area (Å²) in [5.74, 6) is 0. The molecule has 0 aliphatic carbocycles. The van der Waals surface area contributed by atoms with Crippen molar-refractivity contribution in [3.8, 4) is 55.9 Å². The Balaban J connectivity index is 0.911. The van der Waals surface area contributed by atoms with Crippen LogP contribution in [0.4, 0.5) is 34.1 Å². The highest BCUT2D eigenvalue weighted by molar-refractivity contribution is 7.25. The summed E-state index contributed by atoms with van der Waals surface area (Å²) in [4.78, 5) is 5.32. The van der Waals surface area contributed by atoms with E-state index in [0.29, 0.717) is 0 Å². The lowest BCUT2D eigenvalue weighted by molar-refractivity contribution is 0.569. The zero-order valence-corrected chi connectivity index (χ0v) is 73.8. The summed E-state index contributed by atoms with van der Waals surface area (Å²) >= 11 is 1.85. The van der Waals surface area contributed by atoms with Crippen molar-refractivity contribution in [1.29, 1.82) is 0 Å². The summed E-state index contributed by atoms with van der Waals surface area (Å²) in [6, 6.07) is 115. The second-order valence-corrected chi connectivity index (χ2v) is 41.7. The van der Waals surface area contributed by atoms with Crippen LogP contribution in [-0.4, -0.2) is 15.8 Å². The molecule has 15 aromatic carbocycles. The zero-order chi connectivity index (χ0) is 83.6. The highest BCUT2D eigenvalue weighted by Crippen LogP contribution is 2.54. The first-order valence-electron chi connectivity index (χ1n) is 43.3. The molecule has 5 nitrogen and oxygen atoms in total. The first kappa shape index (κ1) is 76.0. The van der Waals surface area contributed by atoms with Crippen LogP contribution in [0.5, 0.6) is 0 Å². The molecule has 0 unspecified atom stereocenters. The lowest BCUT2D eigenvalue weighted by Gasteiger charge is -2.45. The maximum Gasteiger partial charge on any atom is 0.252 e. The predicted molar refractivity (Wildman–Crippen MR) is 523 cm³/mol. The molecule has 0 amide bonds. The van der Waals surface area contributed by atoms with Gasteiger partial charge in [0, 0.05) is 97.7 Å². The predicted octanol–water partition coefficient (Wildman–Crippen LogP) is 30.7. The van der Waals surface area contributed by atoms with Crippen LogP contribution in [0.2, 0.25) is 0 Å². The molecule has 2 aliphatic heterocycles. The normalized spacial score (nSPS) is 13.5. The molecule has 21 rings (SSSR count). The molecule has 2 aliphatic rings. The number of hydrogen-bond acceptors (Lipinski definition) is 4. The van der Waals surface area contributed by atoms with E-state index in [1.807, 2.05) is 11.3 Å². The van der Waals surface area contributed by atoms with Gasteiger partial charge in [0.05, 0.1) is 33.4 Å². The van der Waals surface area contributed by atoms with Gasteiger partial charge >= 0.3 is 0 Å². The van der Waals surface area contributed by atoms with Gasteiger partial charge in [-0.25, -0.2) is 0 Å². The Hall–Kier alpha value is -12.4. The average Bonchev–Trinajstić information content (AvgIpc) is 1.02. The monoisotopic (exact) mass is 1590 g/mol. The highest BCUT2D eigenvalue weighted by Gasteiger charge is 2.46. The Bertz CT molecular complexity index is 7350. The van der Waals surface area contributed by atoms with Crippen molar-refractivity contribution in [1.82, 2.24) is 9.13 Å². The van der Waals surface area contributed by atoms with Crippen LogP contribution in [0.25, 0.3) is 142 Å². The van der Waals surface area contributed by atoms with E-state index in [-0.39, 0.29) is 39.2 Å². The first-order chi connectivity index (χ1) is 57.8. The largest absolute Gasteiger partial charge is 0.453 e. The number of rotatable bonds is 8. The summed E-state index contributed by atoms with van der Waals surface area (Å²) in [5.41, 5.74) is 34.8. The van der Waals surface area contributed by atoms with Gasteiger partial charge in [0.1, 0.15) is 5.58 Å². The first-order valence-corrected chi connectivity index (χ1v) is 44.1. The summed E-state index contributed by atoms with van der Waals surface area (Å²) in [5, 5.41) is 9.67. The Morgan fingerprint density at radius 1 is 0.240 bits per heavy atom. The third kappa shape index (κ3) is 12.4. The smallest absolute Gasteiger partial charge is 0.252 e. The maximum atomic E-state index is 7.90. The second kappa shape index (κ2) is 27.0. The van der Waals surface area contributed by atoms with E-state index in [0.717, 1.165) is 106 Å². The number of nitrogens with zero attached hydrogens (tertiary/aromatic N) is 4. The number of anilines is 6. The molecule has 0 saturated carbocycles. The number of thiophene rings is 1. The summed E-state index contributed by atoms with van der Waals surface area (Å²) < 4.78 is 15.6. The lowest BCUT2D eigenvalue weighted by Crippen LogP contribution is -2.61. The lowest BCUT2D eigenvalue weighted by atomic mass is 9.33. The van der Waals surface area contributed by atoms with Gasteiger partial charge in [-0.2, -0.15) is 0 Å². The fourth-order valence-corrected chi connectivity index (χ4v) is 20.6. The maximum absolute atomic E-state index is 7.90. The SMILES string of the molecule is CC(C)(C)c1cc(-c2cc3c4c(c2)N(c2cccc5c2oc2c(-c6ccc7sc8ccccc8c7c6)cccc25)c2cc(-n5c6ccc(C(C)(C)C)cc6c6cc(C(C)(C)C)ccc65)ccc2B4c2ccc(-n4c5ccc(C(C)(C)C)cc5c5cc(C(C)(C)C)ccc54)cc2N3c2ccc(-c3ccccc3)cc2-c2ccccc2)cc(C(C)(C)C)c1. The number of furan rings is 1. The molecule has 0 fully saturated rings. The van der Waals surface area contributed by atoms with Crippen LogP contribution in [-0.2, 0) is 32.5 Å². The molecular formula is C114H103BN4OS. The van der Waals surface area contributed by atoms with Gasteiger partial charge in [0.25, 0.3) is 6.71 Å². The molecule has 0 bridgehead atoms. The van der Waals surface area contributed by atoms with Crippen molar-refractivity contribution in [2.24, 2.45) is 0 Å². The van der Waals surface area contributed by atoms with Gasteiger partial charge in [-0.05, 0) is 237 Å². The fourth-order valence-electron chi connectivity index (χ4n) is 19.6. The molecule has 7 heteroatoms. The zero-order valence-electron chi connectivity index (χ0n) is 73.0. The third-order valence-corrected chi connectivity index (χ3v) is 27.6. The summed E-state index contributed by atoms with van der Waals surface area (Å²) in [6.45, 7) is 42.0.